The van der Waals surface area contributed by atoms with E-state index in [0.29, 0.717) is 0 Å². The summed E-state index contributed by atoms with van der Waals surface area (Å²) in [6.07, 6.45) is 0.238. The number of hydrogen-bond donors (Lipinski definition) is 2. The molecule has 0 saturated heterocycles. The second-order valence-electron chi connectivity index (χ2n) is 1.18. The fourth-order valence-electron chi connectivity index (χ4n) is 0.164. The Labute approximate surface area is 42.1 Å². The summed E-state index contributed by atoms with van der Waals surface area (Å²) in [4.78, 5) is 9.87. The monoisotopic (exact) mass is 102 g/mol. The fraction of sp³-hybridized carbons (Fsp3) is 0.500. The van der Waals surface area contributed by atoms with E-state index in [0.717, 1.165) is 0 Å². The first kappa shape index (κ1) is 6.43. The quantitative estimate of drug-likeness (QED) is 0.472. The van der Waals surface area contributed by atoms with Crippen LogP contribution in [-0.4, -0.2) is 17.1 Å². The third kappa shape index (κ3) is 2.17. The normalized spacial score (nSPS) is 13.4. The summed E-state index contributed by atoms with van der Waals surface area (Å²) in [5.41, 5.74) is 4.63. The highest BCUT2D eigenvalue weighted by molar-refractivity contribution is 5.79. The molecule has 0 aliphatic carbocycles. The number of primary amides is 1. The van der Waals surface area contributed by atoms with Crippen LogP contribution in [0.4, 0.5) is 0 Å². The van der Waals surface area contributed by atoms with Crippen LogP contribution in [0.15, 0.2) is 0 Å². The van der Waals surface area contributed by atoms with E-state index in [1.165, 1.54) is 6.42 Å². The summed E-state index contributed by atoms with van der Waals surface area (Å²) in [5.74, 6) is -0.706. The van der Waals surface area contributed by atoms with E-state index in [-0.39, 0.29) is 0 Å². The topological polar surface area (TPSA) is 63.3 Å². The SMILES string of the molecule is C[CH][C@@H](O)C(N)=O. The summed E-state index contributed by atoms with van der Waals surface area (Å²) in [6.45, 7) is 1.56. The lowest BCUT2D eigenvalue weighted by atomic mass is 10.3. The van der Waals surface area contributed by atoms with Gasteiger partial charge in [-0.2, -0.15) is 0 Å². The van der Waals surface area contributed by atoms with Gasteiger partial charge in [0, 0.05) is 0 Å². The molecule has 0 spiro atoms. The lowest BCUT2D eigenvalue weighted by Gasteiger charge is -1.97. The van der Waals surface area contributed by atoms with Gasteiger partial charge in [-0.05, 0) is 6.42 Å². The second kappa shape index (κ2) is 2.58. The van der Waals surface area contributed by atoms with Crippen LogP contribution in [0, 0.1) is 6.42 Å². The molecule has 0 rings (SSSR count). The molecular formula is C4H8NO2. The lowest BCUT2D eigenvalue weighted by molar-refractivity contribution is -0.124. The van der Waals surface area contributed by atoms with E-state index in [1.54, 1.807) is 6.92 Å². The Morgan fingerprint density at radius 3 is 2.43 bits per heavy atom. The zero-order chi connectivity index (χ0) is 5.86. The molecule has 0 saturated carbocycles. The van der Waals surface area contributed by atoms with Gasteiger partial charge in [-0.1, -0.05) is 6.92 Å². The molecule has 1 atom stereocenters. The van der Waals surface area contributed by atoms with Gasteiger partial charge in [-0.25, -0.2) is 0 Å². The molecule has 0 fully saturated rings. The molecular weight excluding hydrogens is 94.0 g/mol. The molecule has 0 aromatic rings. The van der Waals surface area contributed by atoms with Crippen LogP contribution in [0.25, 0.3) is 0 Å². The van der Waals surface area contributed by atoms with Crippen molar-refractivity contribution in [1.82, 2.24) is 0 Å². The van der Waals surface area contributed by atoms with Gasteiger partial charge in [0.1, 0.15) is 6.10 Å². The second-order valence-corrected chi connectivity index (χ2v) is 1.18. The molecule has 1 radical (unpaired) electrons. The van der Waals surface area contributed by atoms with Crippen molar-refractivity contribution < 1.29 is 9.90 Å². The molecule has 0 bridgehead atoms. The van der Waals surface area contributed by atoms with Crippen LogP contribution >= 0.6 is 0 Å². The first-order chi connectivity index (χ1) is 3.18. The number of carbonyl (C=O) groups is 1. The van der Waals surface area contributed by atoms with Crippen molar-refractivity contribution in [2.75, 3.05) is 0 Å². The molecule has 3 N–H and O–H groups in total. The Morgan fingerprint density at radius 1 is 2.00 bits per heavy atom. The van der Waals surface area contributed by atoms with Gasteiger partial charge in [0.15, 0.2) is 0 Å². The van der Waals surface area contributed by atoms with E-state index < -0.39 is 12.0 Å². The smallest absolute Gasteiger partial charge is 0.246 e. The zero-order valence-corrected chi connectivity index (χ0v) is 4.09. The number of aliphatic hydroxyl groups excluding tert-OH is 1. The average Bonchev–Trinajstić information content (AvgIpc) is 1.65. The molecule has 7 heavy (non-hydrogen) atoms. The molecule has 0 aromatic heterocycles. The Kier molecular flexibility index (Phi) is 2.37. The van der Waals surface area contributed by atoms with Crippen LogP contribution in [0.2, 0.25) is 0 Å². The highest BCUT2D eigenvalue weighted by Crippen LogP contribution is 1.82. The summed E-state index contributed by atoms with van der Waals surface area (Å²) in [7, 11) is 0. The molecule has 3 heteroatoms. The number of amides is 1. The Bertz CT molecular complexity index is 72.1. The van der Waals surface area contributed by atoms with E-state index >= 15 is 0 Å². The van der Waals surface area contributed by atoms with Gasteiger partial charge < -0.3 is 10.8 Å². The predicted octanol–water partition coefficient (Wildman–Crippen LogP) is -0.943. The Hall–Kier alpha value is -0.570. The molecule has 0 unspecified atom stereocenters. The maximum atomic E-state index is 9.87. The van der Waals surface area contributed by atoms with Gasteiger partial charge in [0.2, 0.25) is 5.91 Å². The highest BCUT2D eigenvalue weighted by atomic mass is 16.3. The largest absolute Gasteiger partial charge is 0.383 e. The molecule has 0 aliphatic heterocycles. The van der Waals surface area contributed by atoms with Crippen LogP contribution in [0.3, 0.4) is 0 Å². The molecule has 0 heterocycles. The zero-order valence-electron chi connectivity index (χ0n) is 4.09. The van der Waals surface area contributed by atoms with Crippen molar-refractivity contribution in [2.45, 2.75) is 13.0 Å². The summed E-state index contributed by atoms with van der Waals surface area (Å²) >= 11 is 0. The van der Waals surface area contributed by atoms with E-state index in [9.17, 15) is 4.79 Å². The van der Waals surface area contributed by atoms with Crippen molar-refractivity contribution in [2.24, 2.45) is 5.73 Å². The third-order valence-corrected chi connectivity index (χ3v) is 0.607. The maximum absolute atomic E-state index is 9.87. The van der Waals surface area contributed by atoms with Gasteiger partial charge in [-0.3, -0.25) is 4.79 Å². The third-order valence-electron chi connectivity index (χ3n) is 0.607. The molecule has 3 nitrogen and oxygen atoms in total. The van der Waals surface area contributed by atoms with Crippen molar-refractivity contribution in [1.29, 1.82) is 0 Å². The average molecular weight is 102 g/mol. The van der Waals surface area contributed by atoms with E-state index in [1.807, 2.05) is 0 Å². The number of nitrogens with two attached hydrogens (primary N) is 1. The van der Waals surface area contributed by atoms with Gasteiger partial charge in [-0.15, -0.1) is 0 Å². The minimum Gasteiger partial charge on any atom is -0.383 e. The van der Waals surface area contributed by atoms with Crippen molar-refractivity contribution in [3.05, 3.63) is 6.42 Å². The Balaban J connectivity index is 3.34. The molecule has 1 amide bonds. The van der Waals surface area contributed by atoms with E-state index in [2.05, 4.69) is 5.73 Å². The first-order valence-electron chi connectivity index (χ1n) is 1.95. The van der Waals surface area contributed by atoms with Crippen LogP contribution in [0.5, 0.6) is 0 Å². The first-order valence-corrected chi connectivity index (χ1v) is 1.95. The van der Waals surface area contributed by atoms with Crippen LogP contribution < -0.4 is 5.73 Å². The lowest BCUT2D eigenvalue weighted by Crippen LogP contribution is -2.27. The van der Waals surface area contributed by atoms with Gasteiger partial charge in [0.05, 0.1) is 0 Å². The standard InChI is InChI=1S/C4H8NO2/c1-2-3(6)4(5)7/h2-3,6H,1H3,(H2,5,7)/t3-/m1/s1. The van der Waals surface area contributed by atoms with Crippen molar-refractivity contribution in [3.63, 3.8) is 0 Å². The number of hydrogen-bond acceptors (Lipinski definition) is 2. The Morgan fingerprint density at radius 2 is 2.43 bits per heavy atom. The summed E-state index contributed by atoms with van der Waals surface area (Å²) in [5, 5.41) is 8.41. The molecule has 41 valence electrons. The number of rotatable bonds is 2. The molecule has 0 aromatic carbocycles. The van der Waals surface area contributed by atoms with Gasteiger partial charge >= 0.3 is 0 Å². The highest BCUT2D eigenvalue weighted by Gasteiger charge is 2.04. The minimum absolute atomic E-state index is 0.706. The fourth-order valence-corrected chi connectivity index (χ4v) is 0.164. The van der Waals surface area contributed by atoms with E-state index in [4.69, 9.17) is 5.11 Å². The number of aliphatic hydroxyl groups is 1. The van der Waals surface area contributed by atoms with Crippen LogP contribution in [-0.2, 0) is 4.79 Å². The summed E-state index contributed by atoms with van der Waals surface area (Å²) < 4.78 is 0. The van der Waals surface area contributed by atoms with Crippen molar-refractivity contribution in [3.8, 4) is 0 Å². The number of carbonyl (C=O) groups excluding carboxylic acids is 1. The van der Waals surface area contributed by atoms with Gasteiger partial charge in [0.25, 0.3) is 0 Å². The van der Waals surface area contributed by atoms with Crippen LogP contribution in [0.1, 0.15) is 6.92 Å². The predicted molar refractivity (Wildman–Crippen MR) is 25.2 cm³/mol. The summed E-state index contributed by atoms with van der Waals surface area (Å²) in [6, 6.07) is 0. The molecule has 0 aliphatic rings. The van der Waals surface area contributed by atoms with Crippen molar-refractivity contribution >= 4 is 5.91 Å². The minimum atomic E-state index is -1.08. The maximum Gasteiger partial charge on any atom is 0.246 e.